The minimum absolute atomic E-state index is 0.128. The maximum absolute atomic E-state index is 12.0. The summed E-state index contributed by atoms with van der Waals surface area (Å²) in [5.74, 6) is 0.502. The van der Waals surface area contributed by atoms with Gasteiger partial charge in [-0.25, -0.2) is 0 Å². The molecule has 0 unspecified atom stereocenters. The van der Waals surface area contributed by atoms with Crippen molar-refractivity contribution in [2.24, 2.45) is 0 Å². The highest BCUT2D eigenvalue weighted by molar-refractivity contribution is 9.10. The number of nitrogen functional groups attached to an aromatic ring is 1. The fourth-order valence-electron chi connectivity index (χ4n) is 4.20. The van der Waals surface area contributed by atoms with Gasteiger partial charge < -0.3 is 20.5 Å². The van der Waals surface area contributed by atoms with E-state index in [9.17, 15) is 9.90 Å². The van der Waals surface area contributed by atoms with Crippen LogP contribution in [0.3, 0.4) is 0 Å². The monoisotopic (exact) mass is 536 g/mol. The van der Waals surface area contributed by atoms with Gasteiger partial charge in [0.2, 0.25) is 5.88 Å². The number of fused-ring (bicyclic) bond motifs is 1. The van der Waals surface area contributed by atoms with Crippen molar-refractivity contribution in [1.82, 2.24) is 24.5 Å². The van der Waals surface area contributed by atoms with Crippen LogP contribution in [0, 0.1) is 0 Å². The molecule has 4 aromatic rings. The highest BCUT2D eigenvalue weighted by Crippen LogP contribution is 2.35. The van der Waals surface area contributed by atoms with Gasteiger partial charge in [-0.1, -0.05) is 36.4 Å². The van der Waals surface area contributed by atoms with E-state index < -0.39 is 6.10 Å². The molecule has 4 heterocycles. The van der Waals surface area contributed by atoms with Crippen LogP contribution < -0.4 is 10.5 Å². The molecule has 0 saturated carbocycles. The van der Waals surface area contributed by atoms with Crippen LogP contribution in [0.1, 0.15) is 19.8 Å². The number of anilines is 1. The largest absolute Gasteiger partial charge is 0.473 e. The van der Waals surface area contributed by atoms with Crippen LogP contribution in [-0.2, 0) is 4.79 Å². The molecule has 0 radical (unpaired) electrons. The zero-order valence-electron chi connectivity index (χ0n) is 19.1. The number of halogens is 1. The molecule has 1 aromatic carbocycles. The fraction of sp³-hybridized carbons (Fsp3) is 0.280. The highest BCUT2D eigenvalue weighted by Gasteiger charge is 2.27. The van der Waals surface area contributed by atoms with E-state index in [1.165, 1.54) is 6.92 Å². The van der Waals surface area contributed by atoms with Crippen LogP contribution in [0.25, 0.3) is 28.0 Å². The molecule has 3 aromatic heterocycles. The van der Waals surface area contributed by atoms with Gasteiger partial charge in [0.1, 0.15) is 22.5 Å². The number of aliphatic hydroxyl groups is 1. The Morgan fingerprint density at radius 3 is 2.54 bits per heavy atom. The van der Waals surface area contributed by atoms with Crippen molar-refractivity contribution in [2.75, 3.05) is 18.8 Å². The molecule has 0 spiro atoms. The molecule has 180 valence electrons. The topological polar surface area (TPSA) is 119 Å². The van der Waals surface area contributed by atoms with Gasteiger partial charge >= 0.3 is 0 Å². The number of likely N-dealkylation sites (tertiary alicyclic amines) is 1. The molecular weight excluding hydrogens is 512 g/mol. The van der Waals surface area contributed by atoms with E-state index >= 15 is 0 Å². The van der Waals surface area contributed by atoms with Crippen molar-refractivity contribution in [3.63, 3.8) is 0 Å². The number of ether oxygens (including phenoxy) is 1. The lowest BCUT2D eigenvalue weighted by molar-refractivity contribution is -0.141. The molecule has 9 nitrogen and oxygen atoms in total. The summed E-state index contributed by atoms with van der Waals surface area (Å²) in [5, 5.41) is 14.0. The molecule has 1 atom stereocenters. The van der Waals surface area contributed by atoms with Crippen molar-refractivity contribution < 1.29 is 14.6 Å². The van der Waals surface area contributed by atoms with Crippen LogP contribution in [0.5, 0.6) is 5.88 Å². The van der Waals surface area contributed by atoms with E-state index in [4.69, 9.17) is 15.5 Å². The molecule has 1 fully saturated rings. The fourth-order valence-corrected chi connectivity index (χ4v) is 4.55. The van der Waals surface area contributed by atoms with Crippen LogP contribution >= 0.6 is 15.9 Å². The summed E-state index contributed by atoms with van der Waals surface area (Å²) in [5.41, 5.74) is 10.5. The van der Waals surface area contributed by atoms with Crippen molar-refractivity contribution in [3.8, 4) is 28.3 Å². The third kappa shape index (κ3) is 4.59. The van der Waals surface area contributed by atoms with Crippen molar-refractivity contribution in [2.45, 2.75) is 32.0 Å². The highest BCUT2D eigenvalue weighted by atomic mass is 79.9. The first-order chi connectivity index (χ1) is 16.9. The molecule has 1 aliphatic rings. The van der Waals surface area contributed by atoms with Gasteiger partial charge in [0.15, 0.2) is 5.65 Å². The normalized spacial score (nSPS) is 15.3. The SMILES string of the molecule is C[C@@H](O)C(=O)N1CCC(Oc2nc3c(-c4ccc(-c5ccccc5)nc4)cnn3c(N)c2Br)CC1. The molecule has 5 rings (SSSR count). The van der Waals surface area contributed by atoms with E-state index in [1.807, 2.05) is 42.5 Å². The number of carbonyl (C=O) groups excluding carboxylic acids is 1. The second-order valence-electron chi connectivity index (χ2n) is 8.53. The minimum atomic E-state index is -0.998. The second kappa shape index (κ2) is 9.63. The van der Waals surface area contributed by atoms with Gasteiger partial charge in [-0.2, -0.15) is 14.6 Å². The number of rotatable bonds is 5. The first kappa shape index (κ1) is 23.3. The predicted molar refractivity (Wildman–Crippen MR) is 136 cm³/mol. The molecule has 35 heavy (non-hydrogen) atoms. The zero-order chi connectivity index (χ0) is 24.5. The van der Waals surface area contributed by atoms with Crippen LogP contribution in [0.4, 0.5) is 5.82 Å². The van der Waals surface area contributed by atoms with E-state index in [-0.39, 0.29) is 12.0 Å². The molecule has 10 heteroatoms. The summed E-state index contributed by atoms with van der Waals surface area (Å²) < 4.78 is 8.30. The smallest absolute Gasteiger partial charge is 0.251 e. The Morgan fingerprint density at radius 1 is 1.14 bits per heavy atom. The number of carbonyl (C=O) groups is 1. The Labute approximate surface area is 210 Å². The lowest BCUT2D eigenvalue weighted by atomic mass is 10.1. The third-order valence-corrected chi connectivity index (χ3v) is 6.87. The van der Waals surface area contributed by atoms with Gasteiger partial charge in [-0.05, 0) is 28.9 Å². The number of aromatic nitrogens is 4. The number of aliphatic hydroxyl groups excluding tert-OH is 1. The Balaban J connectivity index is 1.40. The summed E-state index contributed by atoms with van der Waals surface area (Å²) in [7, 11) is 0. The van der Waals surface area contributed by atoms with Gasteiger partial charge in [-0.3, -0.25) is 9.78 Å². The van der Waals surface area contributed by atoms with Gasteiger partial charge in [0, 0.05) is 48.8 Å². The summed E-state index contributed by atoms with van der Waals surface area (Å²) >= 11 is 3.50. The Morgan fingerprint density at radius 2 is 1.89 bits per heavy atom. The van der Waals surface area contributed by atoms with Gasteiger partial charge in [-0.15, -0.1) is 0 Å². The van der Waals surface area contributed by atoms with E-state index in [0.29, 0.717) is 47.7 Å². The number of piperidine rings is 1. The molecule has 0 bridgehead atoms. The molecule has 3 N–H and O–H groups in total. The van der Waals surface area contributed by atoms with E-state index in [2.05, 4.69) is 26.0 Å². The molecule has 1 aliphatic heterocycles. The molecule has 1 saturated heterocycles. The van der Waals surface area contributed by atoms with E-state index in [1.54, 1.807) is 21.8 Å². The quantitative estimate of drug-likeness (QED) is 0.400. The third-order valence-electron chi connectivity index (χ3n) is 6.13. The minimum Gasteiger partial charge on any atom is -0.473 e. The Kier molecular flexibility index (Phi) is 6.40. The maximum Gasteiger partial charge on any atom is 0.251 e. The second-order valence-corrected chi connectivity index (χ2v) is 9.32. The first-order valence-electron chi connectivity index (χ1n) is 11.4. The lowest BCUT2D eigenvalue weighted by Gasteiger charge is -2.32. The number of hydrogen-bond acceptors (Lipinski definition) is 7. The molecular formula is C25H25BrN6O3. The number of nitrogens with two attached hydrogens (primary N) is 1. The Hall–Kier alpha value is -3.50. The summed E-state index contributed by atoms with van der Waals surface area (Å²) in [6.45, 7) is 2.51. The van der Waals surface area contributed by atoms with Crippen molar-refractivity contribution in [1.29, 1.82) is 0 Å². The predicted octanol–water partition coefficient (Wildman–Crippen LogP) is 3.55. The first-order valence-corrected chi connectivity index (χ1v) is 12.2. The number of amides is 1. The van der Waals surface area contributed by atoms with E-state index in [0.717, 1.165) is 22.4 Å². The van der Waals surface area contributed by atoms with Crippen LogP contribution in [0.2, 0.25) is 0 Å². The van der Waals surface area contributed by atoms with Gasteiger partial charge in [0.25, 0.3) is 5.91 Å². The molecule has 0 aliphatic carbocycles. The average Bonchev–Trinajstić information content (AvgIpc) is 3.31. The van der Waals surface area contributed by atoms with Crippen molar-refractivity contribution in [3.05, 3.63) is 59.3 Å². The zero-order valence-corrected chi connectivity index (χ0v) is 20.7. The number of nitrogens with zero attached hydrogens (tertiary/aromatic N) is 5. The summed E-state index contributed by atoms with van der Waals surface area (Å²) in [4.78, 5) is 23.0. The Bertz CT molecular complexity index is 1350. The van der Waals surface area contributed by atoms with Crippen LogP contribution in [-0.4, -0.2) is 60.8 Å². The number of pyridine rings is 1. The maximum atomic E-state index is 12.0. The van der Waals surface area contributed by atoms with Gasteiger partial charge in [0.05, 0.1) is 11.9 Å². The standard InChI is InChI=1S/C25H25BrN6O3/c1-15(33)25(34)31-11-9-18(10-12-31)35-24-21(26)22(27)32-23(30-24)19(14-29-32)17-7-8-20(28-13-17)16-5-3-2-4-6-16/h2-8,13-15,18,33H,9-12,27H2,1H3/t15-/m1/s1. The lowest BCUT2D eigenvalue weighted by Crippen LogP contribution is -2.45. The molecule has 1 amide bonds. The summed E-state index contributed by atoms with van der Waals surface area (Å²) in [6.07, 6.45) is 3.66. The van der Waals surface area contributed by atoms with Crippen molar-refractivity contribution >= 4 is 33.3 Å². The number of hydrogen-bond donors (Lipinski definition) is 2. The summed E-state index contributed by atoms with van der Waals surface area (Å²) in [6, 6.07) is 13.9. The van der Waals surface area contributed by atoms with Crippen LogP contribution in [0.15, 0.2) is 59.3 Å². The average molecular weight is 537 g/mol. The number of benzene rings is 1.